The van der Waals surface area contributed by atoms with Gasteiger partial charge in [0.05, 0.1) is 5.69 Å². The predicted octanol–water partition coefficient (Wildman–Crippen LogP) is 6.48. The number of hydrogen-bond acceptors (Lipinski definition) is 1. The Labute approximate surface area is 210 Å². The Bertz CT molecular complexity index is 1520. The summed E-state index contributed by atoms with van der Waals surface area (Å²) >= 11 is 0. The molecule has 0 bridgehead atoms. The first-order chi connectivity index (χ1) is 16.6. The van der Waals surface area contributed by atoms with Crippen molar-refractivity contribution in [3.05, 3.63) is 105 Å². The van der Waals surface area contributed by atoms with Crippen molar-refractivity contribution in [2.24, 2.45) is 0 Å². The van der Waals surface area contributed by atoms with Crippen LogP contribution in [-0.2, 0) is 5.41 Å². The molecule has 1 nitrogen and oxygen atoms in total. The van der Waals surface area contributed by atoms with Gasteiger partial charge in [0.1, 0.15) is 0 Å². The van der Waals surface area contributed by atoms with Crippen molar-refractivity contribution in [3.63, 3.8) is 0 Å². The molecule has 0 aromatic heterocycles. The van der Waals surface area contributed by atoms with E-state index in [1.807, 2.05) is 0 Å². The molecule has 0 atom stereocenters. The molecule has 2 aliphatic rings. The largest absolute Gasteiger partial charge is 0.311 e. The second-order valence-electron chi connectivity index (χ2n) is 11.5. The van der Waals surface area contributed by atoms with Crippen LogP contribution in [0.5, 0.6) is 0 Å². The van der Waals surface area contributed by atoms with E-state index in [9.17, 15) is 0 Å². The molecule has 4 aromatic rings. The lowest BCUT2D eigenvalue weighted by Gasteiger charge is -2.46. The molecule has 2 heteroatoms. The van der Waals surface area contributed by atoms with Gasteiger partial charge in [-0.25, -0.2) is 0 Å². The lowest BCUT2D eigenvalue weighted by molar-refractivity contribution is 0.641. The third kappa shape index (κ3) is 3.02. The summed E-state index contributed by atoms with van der Waals surface area (Å²) < 4.78 is 0. The van der Waals surface area contributed by atoms with Gasteiger partial charge in [0.2, 0.25) is 6.71 Å². The van der Waals surface area contributed by atoms with Crippen molar-refractivity contribution in [1.29, 1.82) is 0 Å². The molecule has 0 fully saturated rings. The summed E-state index contributed by atoms with van der Waals surface area (Å²) in [6.07, 6.45) is 0. The second kappa shape index (κ2) is 7.37. The van der Waals surface area contributed by atoms with E-state index >= 15 is 0 Å². The molecule has 0 N–H and O–H groups in total. The third-order valence-corrected chi connectivity index (χ3v) is 8.37. The molecule has 6 rings (SSSR count). The first-order valence-electron chi connectivity index (χ1n) is 12.8. The highest BCUT2D eigenvalue weighted by atomic mass is 15.2. The van der Waals surface area contributed by atoms with Crippen LogP contribution in [0.25, 0.3) is 0 Å². The van der Waals surface area contributed by atoms with Crippen molar-refractivity contribution in [2.75, 3.05) is 4.90 Å². The highest BCUT2D eigenvalue weighted by Gasteiger charge is 2.46. The fourth-order valence-corrected chi connectivity index (χ4v) is 7.14. The van der Waals surface area contributed by atoms with E-state index in [1.165, 1.54) is 78.0 Å². The Hall–Kier alpha value is -3.26. The number of benzene rings is 4. The van der Waals surface area contributed by atoms with E-state index in [-0.39, 0.29) is 12.1 Å². The molecular formula is C33H34BN. The molecule has 0 saturated carbocycles. The molecule has 0 amide bonds. The first-order valence-corrected chi connectivity index (χ1v) is 12.8. The predicted molar refractivity (Wildman–Crippen MR) is 153 cm³/mol. The molecule has 0 aliphatic carbocycles. The Kier molecular flexibility index (Phi) is 4.68. The maximum Gasteiger partial charge on any atom is 0.247 e. The van der Waals surface area contributed by atoms with Crippen LogP contribution in [0.2, 0.25) is 0 Å². The lowest BCUT2D eigenvalue weighted by atomic mass is 9.29. The summed E-state index contributed by atoms with van der Waals surface area (Å²) in [5.41, 5.74) is 19.3. The molecule has 0 saturated heterocycles. The van der Waals surface area contributed by atoms with E-state index in [4.69, 9.17) is 0 Å². The van der Waals surface area contributed by atoms with Gasteiger partial charge in [-0.1, -0.05) is 84.5 Å². The van der Waals surface area contributed by atoms with Crippen LogP contribution in [-0.4, -0.2) is 6.71 Å². The Morgan fingerprint density at radius 3 is 1.89 bits per heavy atom. The number of anilines is 3. The smallest absolute Gasteiger partial charge is 0.247 e. The lowest BCUT2D eigenvalue weighted by Crippen LogP contribution is -2.64. The van der Waals surface area contributed by atoms with Crippen LogP contribution in [0.4, 0.5) is 17.1 Å². The van der Waals surface area contributed by atoms with Crippen LogP contribution in [0, 0.1) is 41.5 Å². The minimum Gasteiger partial charge on any atom is -0.311 e. The van der Waals surface area contributed by atoms with E-state index in [0.717, 1.165) is 0 Å². The van der Waals surface area contributed by atoms with Gasteiger partial charge >= 0.3 is 0 Å². The van der Waals surface area contributed by atoms with E-state index in [2.05, 4.69) is 121 Å². The molecular weight excluding hydrogens is 421 g/mol. The monoisotopic (exact) mass is 455 g/mol. The summed E-state index contributed by atoms with van der Waals surface area (Å²) in [6.45, 7) is 18.6. The minimum absolute atomic E-state index is 0.0562. The Balaban J connectivity index is 1.79. The van der Waals surface area contributed by atoms with Gasteiger partial charge in [-0.3, -0.25) is 0 Å². The van der Waals surface area contributed by atoms with Crippen LogP contribution >= 0.6 is 0 Å². The van der Waals surface area contributed by atoms with Crippen LogP contribution < -0.4 is 21.3 Å². The van der Waals surface area contributed by atoms with Gasteiger partial charge in [-0.05, 0) is 92.4 Å². The Morgan fingerprint density at radius 1 is 0.600 bits per heavy atom. The zero-order chi connectivity index (χ0) is 24.8. The van der Waals surface area contributed by atoms with E-state index in [0.29, 0.717) is 0 Å². The highest BCUT2D eigenvalue weighted by molar-refractivity contribution is 6.99. The van der Waals surface area contributed by atoms with Crippen molar-refractivity contribution >= 4 is 40.2 Å². The van der Waals surface area contributed by atoms with Crippen molar-refractivity contribution in [1.82, 2.24) is 0 Å². The third-order valence-electron chi connectivity index (χ3n) is 8.37. The van der Waals surface area contributed by atoms with Crippen molar-refractivity contribution in [3.8, 4) is 0 Å². The zero-order valence-electron chi connectivity index (χ0n) is 22.3. The second-order valence-corrected chi connectivity index (χ2v) is 11.5. The molecule has 174 valence electrons. The number of hydrogen-bond donors (Lipinski definition) is 0. The number of rotatable bonds is 1. The van der Waals surface area contributed by atoms with Gasteiger partial charge < -0.3 is 4.90 Å². The van der Waals surface area contributed by atoms with Gasteiger partial charge in [-0.15, -0.1) is 0 Å². The normalized spacial score (nSPS) is 15.0. The molecule has 0 spiro atoms. The zero-order valence-corrected chi connectivity index (χ0v) is 22.3. The summed E-state index contributed by atoms with van der Waals surface area (Å²) in [7, 11) is 0. The van der Waals surface area contributed by atoms with Gasteiger partial charge in [0.15, 0.2) is 0 Å². The average molecular weight is 455 g/mol. The van der Waals surface area contributed by atoms with Gasteiger partial charge in [-0.2, -0.15) is 0 Å². The summed E-state index contributed by atoms with van der Waals surface area (Å²) in [6, 6.07) is 23.5. The van der Waals surface area contributed by atoms with Crippen LogP contribution in [0.1, 0.15) is 58.4 Å². The topological polar surface area (TPSA) is 3.24 Å². The average Bonchev–Trinajstić information content (AvgIpc) is 2.77. The standard InChI is InChI=1S/C33H34BN/c1-19-9-12-25-26(17-19)34-27-18-20(2)10-13-28(27)35(32-23(5)15-21(3)16-24(32)6)29-14-11-22(4)30(31(29)34)33(25,7)8/h9-18H,1-8H3. The van der Waals surface area contributed by atoms with Crippen LogP contribution in [0.3, 0.4) is 0 Å². The highest BCUT2D eigenvalue weighted by Crippen LogP contribution is 2.45. The molecule has 0 radical (unpaired) electrons. The first kappa shape index (κ1) is 22.2. The molecule has 2 aliphatic heterocycles. The number of nitrogens with zero attached hydrogens (tertiary/aromatic N) is 1. The maximum absolute atomic E-state index is 2.56. The molecule has 2 heterocycles. The summed E-state index contributed by atoms with van der Waals surface area (Å²) in [5, 5.41) is 0. The fourth-order valence-electron chi connectivity index (χ4n) is 7.14. The number of aryl methyl sites for hydroxylation is 6. The minimum atomic E-state index is -0.0562. The van der Waals surface area contributed by atoms with Gasteiger partial charge in [0.25, 0.3) is 0 Å². The summed E-state index contributed by atoms with van der Waals surface area (Å²) in [4.78, 5) is 2.56. The van der Waals surface area contributed by atoms with Gasteiger partial charge in [0, 0.05) is 16.8 Å². The quantitative estimate of drug-likeness (QED) is 0.262. The Morgan fingerprint density at radius 2 is 1.20 bits per heavy atom. The summed E-state index contributed by atoms with van der Waals surface area (Å²) in [5.74, 6) is 0. The SMILES string of the molecule is Cc1cc(C)c(N2c3ccc(C)cc3B3c4cc(C)ccc4C(C)(C)c4c(C)ccc2c43)c(C)c1. The van der Waals surface area contributed by atoms with E-state index < -0.39 is 0 Å². The van der Waals surface area contributed by atoms with E-state index in [1.54, 1.807) is 0 Å². The number of fused-ring (bicyclic) bond motifs is 4. The van der Waals surface area contributed by atoms with Crippen molar-refractivity contribution < 1.29 is 0 Å². The molecule has 35 heavy (non-hydrogen) atoms. The van der Waals surface area contributed by atoms with Crippen LogP contribution in [0.15, 0.2) is 60.7 Å². The maximum atomic E-state index is 2.56. The fraction of sp³-hybridized carbons (Fsp3) is 0.273. The molecule has 0 unspecified atom stereocenters. The van der Waals surface area contributed by atoms with Crippen molar-refractivity contribution in [2.45, 2.75) is 60.8 Å². The molecule has 4 aromatic carbocycles.